The van der Waals surface area contributed by atoms with Crippen LogP contribution >= 0.6 is 12.2 Å². The topological polar surface area (TPSA) is 41.1 Å². The SMILES string of the molecule is CC(C)C1CCC2(CC1)NC(=S)NC2=O. The normalized spacial score (nSPS) is 35.8. The van der Waals surface area contributed by atoms with Crippen LogP contribution in [0, 0.1) is 11.8 Å². The number of amides is 1. The highest BCUT2D eigenvalue weighted by molar-refractivity contribution is 7.80. The zero-order chi connectivity index (χ0) is 11.1. The fourth-order valence-electron chi connectivity index (χ4n) is 2.68. The number of thiocarbonyl (C=S) groups is 1. The van der Waals surface area contributed by atoms with Crippen molar-refractivity contribution >= 4 is 23.2 Å². The Kier molecular flexibility index (Phi) is 2.71. The molecular formula is C11H18N2OS. The highest BCUT2D eigenvalue weighted by Crippen LogP contribution is 2.37. The van der Waals surface area contributed by atoms with Crippen molar-refractivity contribution in [2.45, 2.75) is 45.1 Å². The first-order valence-corrected chi connectivity index (χ1v) is 6.08. The van der Waals surface area contributed by atoms with Gasteiger partial charge in [0.2, 0.25) is 0 Å². The fraction of sp³-hybridized carbons (Fsp3) is 0.818. The van der Waals surface area contributed by atoms with Crippen molar-refractivity contribution in [3.05, 3.63) is 0 Å². The summed E-state index contributed by atoms with van der Waals surface area (Å²) in [5, 5.41) is 6.35. The molecule has 1 aliphatic heterocycles. The van der Waals surface area contributed by atoms with Crippen LogP contribution in [0.15, 0.2) is 0 Å². The summed E-state index contributed by atoms with van der Waals surface area (Å²) >= 11 is 4.99. The monoisotopic (exact) mass is 226 g/mol. The maximum atomic E-state index is 11.8. The van der Waals surface area contributed by atoms with E-state index in [4.69, 9.17) is 12.2 Å². The van der Waals surface area contributed by atoms with Gasteiger partial charge in [-0.25, -0.2) is 0 Å². The highest BCUT2D eigenvalue weighted by Gasteiger charge is 2.46. The van der Waals surface area contributed by atoms with Gasteiger partial charge in [0.15, 0.2) is 5.11 Å². The van der Waals surface area contributed by atoms with E-state index in [0.29, 0.717) is 5.11 Å². The predicted octanol–water partition coefficient (Wildman–Crippen LogP) is 1.58. The molecule has 3 nitrogen and oxygen atoms in total. The number of carbonyl (C=O) groups excluding carboxylic acids is 1. The van der Waals surface area contributed by atoms with Gasteiger partial charge in [-0.1, -0.05) is 13.8 Å². The Hall–Kier alpha value is -0.640. The zero-order valence-electron chi connectivity index (χ0n) is 9.30. The lowest BCUT2D eigenvalue weighted by Gasteiger charge is -2.36. The van der Waals surface area contributed by atoms with Gasteiger partial charge in [-0.15, -0.1) is 0 Å². The molecule has 1 amide bonds. The third-order valence-corrected chi connectivity index (χ3v) is 4.05. The molecule has 4 heteroatoms. The van der Waals surface area contributed by atoms with Crippen molar-refractivity contribution < 1.29 is 4.79 Å². The van der Waals surface area contributed by atoms with Crippen LogP contribution in [0.3, 0.4) is 0 Å². The van der Waals surface area contributed by atoms with Crippen LogP contribution in [0.5, 0.6) is 0 Å². The Balaban J connectivity index is 2.03. The van der Waals surface area contributed by atoms with Gasteiger partial charge in [-0.2, -0.15) is 0 Å². The van der Waals surface area contributed by atoms with Gasteiger partial charge in [0, 0.05) is 0 Å². The smallest absolute Gasteiger partial charge is 0.251 e. The van der Waals surface area contributed by atoms with Crippen molar-refractivity contribution in [2.24, 2.45) is 11.8 Å². The zero-order valence-corrected chi connectivity index (χ0v) is 10.1. The number of carbonyl (C=O) groups is 1. The number of rotatable bonds is 1. The first kappa shape index (κ1) is 10.9. The summed E-state index contributed by atoms with van der Waals surface area (Å²) in [6.07, 6.45) is 4.09. The van der Waals surface area contributed by atoms with Crippen molar-refractivity contribution in [1.82, 2.24) is 10.6 Å². The molecule has 2 N–H and O–H groups in total. The summed E-state index contributed by atoms with van der Waals surface area (Å²) in [4.78, 5) is 11.8. The predicted molar refractivity (Wildman–Crippen MR) is 63.4 cm³/mol. The molecule has 0 aromatic carbocycles. The summed E-state index contributed by atoms with van der Waals surface area (Å²) in [6, 6.07) is 0. The van der Waals surface area contributed by atoms with Crippen LogP contribution < -0.4 is 10.6 Å². The minimum absolute atomic E-state index is 0.0784. The number of nitrogens with one attached hydrogen (secondary N) is 2. The van der Waals surface area contributed by atoms with Gasteiger partial charge in [0.05, 0.1) is 0 Å². The minimum atomic E-state index is -0.373. The first-order chi connectivity index (χ1) is 7.03. The number of hydrogen-bond acceptors (Lipinski definition) is 2. The van der Waals surface area contributed by atoms with E-state index in [0.717, 1.165) is 37.5 Å². The van der Waals surface area contributed by atoms with E-state index in [-0.39, 0.29) is 11.4 Å². The van der Waals surface area contributed by atoms with Crippen molar-refractivity contribution in [1.29, 1.82) is 0 Å². The Morgan fingerprint density at radius 3 is 2.40 bits per heavy atom. The molecule has 1 spiro atoms. The second-order valence-electron chi connectivity index (χ2n) is 5.07. The van der Waals surface area contributed by atoms with Crippen LogP contribution in [0.1, 0.15) is 39.5 Å². The Bertz CT molecular complexity index is 293. The average molecular weight is 226 g/mol. The summed E-state index contributed by atoms with van der Waals surface area (Å²) < 4.78 is 0. The van der Waals surface area contributed by atoms with Crippen LogP contribution in [0.2, 0.25) is 0 Å². The van der Waals surface area contributed by atoms with Crippen molar-refractivity contribution in [3.8, 4) is 0 Å². The third kappa shape index (κ3) is 1.87. The minimum Gasteiger partial charge on any atom is -0.348 e. The van der Waals surface area contributed by atoms with E-state index in [9.17, 15) is 4.79 Å². The molecule has 0 radical (unpaired) electrons. The van der Waals surface area contributed by atoms with Crippen LogP contribution in [0.25, 0.3) is 0 Å². The third-order valence-electron chi connectivity index (χ3n) is 3.84. The molecule has 15 heavy (non-hydrogen) atoms. The molecule has 84 valence electrons. The van der Waals surface area contributed by atoms with E-state index in [1.165, 1.54) is 0 Å². The van der Waals surface area contributed by atoms with Crippen LogP contribution in [0.4, 0.5) is 0 Å². The lowest BCUT2D eigenvalue weighted by Crippen LogP contribution is -2.49. The maximum Gasteiger partial charge on any atom is 0.251 e. The molecule has 1 saturated carbocycles. The molecule has 1 saturated heterocycles. The van der Waals surface area contributed by atoms with Gasteiger partial charge in [-0.05, 0) is 49.7 Å². The summed E-state index contributed by atoms with van der Waals surface area (Å²) in [5.74, 6) is 1.56. The Labute approximate surface area is 96.0 Å². The average Bonchev–Trinajstić information content (AvgIpc) is 2.42. The Morgan fingerprint density at radius 1 is 1.40 bits per heavy atom. The number of hydrogen-bond donors (Lipinski definition) is 2. The van der Waals surface area contributed by atoms with Crippen molar-refractivity contribution in [3.63, 3.8) is 0 Å². The fourth-order valence-corrected chi connectivity index (χ4v) is 2.97. The second kappa shape index (κ2) is 3.74. The van der Waals surface area contributed by atoms with Gasteiger partial charge in [-0.3, -0.25) is 4.79 Å². The molecular weight excluding hydrogens is 208 g/mol. The molecule has 2 fully saturated rings. The molecule has 0 aromatic rings. The Morgan fingerprint density at radius 2 is 2.00 bits per heavy atom. The molecule has 0 atom stereocenters. The van der Waals surface area contributed by atoms with Crippen LogP contribution in [-0.2, 0) is 4.79 Å². The maximum absolute atomic E-state index is 11.8. The van der Waals surface area contributed by atoms with Gasteiger partial charge in [0.1, 0.15) is 5.54 Å². The lowest BCUT2D eigenvalue weighted by molar-refractivity contribution is -0.125. The summed E-state index contributed by atoms with van der Waals surface area (Å²) in [6.45, 7) is 4.52. The summed E-state index contributed by atoms with van der Waals surface area (Å²) in [5.41, 5.74) is -0.373. The molecule has 0 aromatic heterocycles. The molecule has 0 unspecified atom stereocenters. The summed E-state index contributed by atoms with van der Waals surface area (Å²) in [7, 11) is 0. The van der Waals surface area contributed by atoms with Gasteiger partial charge >= 0.3 is 0 Å². The lowest BCUT2D eigenvalue weighted by atomic mass is 9.73. The molecule has 1 aliphatic carbocycles. The van der Waals surface area contributed by atoms with E-state index in [1.807, 2.05) is 0 Å². The molecule has 0 bridgehead atoms. The first-order valence-electron chi connectivity index (χ1n) is 5.67. The van der Waals surface area contributed by atoms with E-state index < -0.39 is 0 Å². The van der Waals surface area contributed by atoms with Crippen LogP contribution in [-0.4, -0.2) is 16.6 Å². The molecule has 2 rings (SSSR count). The van der Waals surface area contributed by atoms with E-state index in [1.54, 1.807) is 0 Å². The quantitative estimate of drug-likeness (QED) is 0.667. The standard InChI is InChI=1S/C11H18N2OS/c1-7(2)8-3-5-11(6-4-8)9(14)12-10(15)13-11/h7-8H,3-6H2,1-2H3,(H2,12,13,14,15). The largest absolute Gasteiger partial charge is 0.348 e. The second-order valence-corrected chi connectivity index (χ2v) is 5.48. The molecule has 2 aliphatic rings. The van der Waals surface area contributed by atoms with E-state index in [2.05, 4.69) is 24.5 Å². The highest BCUT2D eigenvalue weighted by atomic mass is 32.1. The molecule has 1 heterocycles. The van der Waals surface area contributed by atoms with Crippen molar-refractivity contribution in [2.75, 3.05) is 0 Å². The van der Waals surface area contributed by atoms with Gasteiger partial charge in [0.25, 0.3) is 5.91 Å². The van der Waals surface area contributed by atoms with Gasteiger partial charge < -0.3 is 10.6 Å². The van der Waals surface area contributed by atoms with E-state index >= 15 is 0 Å².